The molecule has 0 bridgehead atoms. The van der Waals surface area contributed by atoms with Crippen LogP contribution in [0.5, 0.6) is 0 Å². The second-order valence-corrected chi connectivity index (χ2v) is 24.6. The molecule has 0 fully saturated rings. The second-order valence-electron chi connectivity index (χ2n) is 22.6. The molecule has 6 heterocycles. The number of fused-ring (bicyclic) bond motifs is 16. The van der Waals surface area contributed by atoms with E-state index in [0.29, 0.717) is 0 Å². The van der Waals surface area contributed by atoms with Gasteiger partial charge in [0.2, 0.25) is 10.0 Å². The average molecular weight is 963 g/mol. The lowest BCUT2D eigenvalue weighted by Crippen LogP contribution is -2.84. The van der Waals surface area contributed by atoms with Gasteiger partial charge in [-0.3, -0.25) is 0 Å². The third kappa shape index (κ3) is 5.23. The molecule has 72 heavy (non-hydrogen) atoms. The van der Waals surface area contributed by atoms with Crippen molar-refractivity contribution < 1.29 is 8.96 Å². The molecule has 4 aromatic heterocycles. The highest BCUT2D eigenvalue weighted by Gasteiger charge is 2.56. The minimum Gasteiger partial charge on any atom is -0.446 e. The van der Waals surface area contributed by atoms with Gasteiger partial charge >= 0.3 is 12.8 Å². The van der Waals surface area contributed by atoms with Gasteiger partial charge in [-0.1, -0.05) is 222 Å². The number of thiazole rings is 2. The normalized spacial score (nSPS) is 14.8. The number of benzene rings is 9. The van der Waals surface area contributed by atoms with Gasteiger partial charge in [-0.25, -0.2) is 0 Å². The lowest BCUT2D eigenvalue weighted by molar-refractivity contribution is -0.498. The van der Waals surface area contributed by atoms with E-state index in [0.717, 1.165) is 0 Å². The van der Waals surface area contributed by atoms with Crippen molar-refractivity contribution in [2.45, 2.75) is 52.4 Å². The molecule has 0 atom stereocenters. The Hall–Kier alpha value is -7.51. The molecule has 2 aliphatic heterocycles. The molecule has 9 aromatic carbocycles. The van der Waals surface area contributed by atoms with Crippen LogP contribution in [0.1, 0.15) is 52.7 Å². The van der Waals surface area contributed by atoms with E-state index < -0.39 is 12.8 Å². The molecule has 0 amide bonds. The molecular formula is C64H52B2N4S2. The predicted molar refractivity (Wildman–Crippen MR) is 309 cm³/mol. The maximum atomic E-state index is 2.86. The van der Waals surface area contributed by atoms with Crippen molar-refractivity contribution in [2.24, 2.45) is 0 Å². The minimum atomic E-state index is -1.95. The van der Waals surface area contributed by atoms with E-state index in [1.807, 2.05) is 22.7 Å². The van der Waals surface area contributed by atoms with E-state index in [-0.39, 0.29) is 10.8 Å². The number of aromatic nitrogens is 4. The quantitative estimate of drug-likeness (QED) is 0.156. The van der Waals surface area contributed by atoms with Crippen molar-refractivity contribution in [1.82, 2.24) is 8.96 Å². The molecule has 0 N–H and O–H groups in total. The summed E-state index contributed by atoms with van der Waals surface area (Å²) in [5, 5.41) is 7.82. The van der Waals surface area contributed by atoms with Crippen LogP contribution in [0.2, 0.25) is 0 Å². The monoisotopic (exact) mass is 962 g/mol. The highest BCUT2D eigenvalue weighted by molar-refractivity contribution is 7.22. The van der Waals surface area contributed by atoms with E-state index in [1.54, 1.807) is 0 Å². The summed E-state index contributed by atoms with van der Waals surface area (Å²) in [6, 6.07) is 79.1. The zero-order valence-corrected chi connectivity index (χ0v) is 43.0. The topological polar surface area (TPSA) is 17.6 Å². The van der Waals surface area contributed by atoms with Crippen molar-refractivity contribution in [3.05, 3.63) is 217 Å². The summed E-state index contributed by atoms with van der Waals surface area (Å²) in [4.78, 5) is 0. The van der Waals surface area contributed by atoms with Crippen LogP contribution in [0.4, 0.5) is 0 Å². The number of nitrogens with zero attached hydrogens (tertiary/aromatic N) is 4. The van der Waals surface area contributed by atoms with Crippen LogP contribution in [-0.4, -0.2) is 21.8 Å². The van der Waals surface area contributed by atoms with Gasteiger partial charge in [0.05, 0.1) is 20.5 Å². The second kappa shape index (κ2) is 14.6. The Morgan fingerprint density at radius 2 is 0.694 bits per heavy atom. The van der Waals surface area contributed by atoms with E-state index in [9.17, 15) is 0 Å². The van der Waals surface area contributed by atoms with Crippen LogP contribution in [0.3, 0.4) is 0 Å². The Morgan fingerprint density at radius 1 is 0.375 bits per heavy atom. The largest absolute Gasteiger partial charge is 0.446 e. The molecular weight excluding hydrogens is 910 g/mol. The van der Waals surface area contributed by atoms with E-state index in [4.69, 9.17) is 0 Å². The van der Waals surface area contributed by atoms with Gasteiger partial charge in [0.15, 0.2) is 11.0 Å². The first-order chi connectivity index (χ1) is 35.0. The first-order valence-corrected chi connectivity index (χ1v) is 27.2. The summed E-state index contributed by atoms with van der Waals surface area (Å²) in [7, 11) is 0. The van der Waals surface area contributed by atoms with Gasteiger partial charge in [-0.15, -0.1) is 21.9 Å². The van der Waals surface area contributed by atoms with Crippen LogP contribution in [0, 0.1) is 0 Å². The fraction of sp³-hybridized carbons (Fsp3) is 0.125. The smallest absolute Gasteiger partial charge is 0.436 e. The van der Waals surface area contributed by atoms with Gasteiger partial charge in [-0.2, -0.15) is 0 Å². The highest BCUT2D eigenvalue weighted by Crippen LogP contribution is 2.56. The lowest BCUT2D eigenvalue weighted by Gasteiger charge is -2.43. The van der Waals surface area contributed by atoms with Crippen LogP contribution in [0.15, 0.2) is 206 Å². The van der Waals surface area contributed by atoms with Crippen molar-refractivity contribution >= 4 is 121 Å². The summed E-state index contributed by atoms with van der Waals surface area (Å²) in [5.41, 5.74) is 17.8. The average Bonchev–Trinajstić information content (AvgIpc) is 4.18. The Balaban J connectivity index is 1.32. The van der Waals surface area contributed by atoms with Crippen molar-refractivity contribution in [3.63, 3.8) is 0 Å². The fourth-order valence-corrected chi connectivity index (χ4v) is 16.3. The molecule has 0 unspecified atom stereocenters. The van der Waals surface area contributed by atoms with Gasteiger partial charge in [0, 0.05) is 55.7 Å². The van der Waals surface area contributed by atoms with E-state index in [1.165, 1.54) is 118 Å². The third-order valence-electron chi connectivity index (χ3n) is 16.8. The zero-order valence-electron chi connectivity index (χ0n) is 41.4. The number of rotatable bonds is 4. The van der Waals surface area contributed by atoms with Gasteiger partial charge < -0.3 is 17.9 Å². The number of hydrogen-bond acceptors (Lipinski definition) is 2. The molecule has 0 radical (unpaired) electrons. The zero-order chi connectivity index (χ0) is 48.5. The van der Waals surface area contributed by atoms with Crippen molar-refractivity contribution in [2.75, 3.05) is 0 Å². The Bertz CT molecular complexity index is 4040. The molecule has 0 aliphatic carbocycles. The molecule has 0 spiro atoms. The fourth-order valence-electron chi connectivity index (χ4n) is 13.8. The molecule has 346 valence electrons. The summed E-state index contributed by atoms with van der Waals surface area (Å²) >= 11 is 3.92. The molecule has 0 saturated carbocycles. The molecule has 4 nitrogen and oxygen atoms in total. The summed E-state index contributed by atoms with van der Waals surface area (Å²) < 4.78 is 13.9. The Morgan fingerprint density at radius 3 is 1.03 bits per heavy atom. The molecule has 2 aliphatic rings. The first-order valence-electron chi connectivity index (χ1n) is 25.6. The molecule has 0 saturated heterocycles. The third-order valence-corrected chi connectivity index (χ3v) is 19.1. The Kier molecular flexibility index (Phi) is 8.53. The summed E-state index contributed by atoms with van der Waals surface area (Å²) in [6.45, 7) is 14.2. The van der Waals surface area contributed by atoms with Crippen LogP contribution >= 0.6 is 22.7 Å². The van der Waals surface area contributed by atoms with Gasteiger partial charge in [-0.05, 0) is 58.4 Å². The molecule has 8 heteroatoms. The lowest BCUT2D eigenvalue weighted by atomic mass is 9.35. The van der Waals surface area contributed by atoms with Crippen LogP contribution in [-0.2, 0) is 10.8 Å². The highest BCUT2D eigenvalue weighted by atomic mass is 32.1. The van der Waals surface area contributed by atoms with E-state index in [2.05, 4.69) is 266 Å². The van der Waals surface area contributed by atoms with Gasteiger partial charge in [0.1, 0.15) is 0 Å². The van der Waals surface area contributed by atoms with Gasteiger partial charge in [0.25, 0.3) is 0 Å². The minimum absolute atomic E-state index is 0.0910. The van der Waals surface area contributed by atoms with Crippen LogP contribution in [0.25, 0.3) is 85.2 Å². The van der Waals surface area contributed by atoms with Crippen molar-refractivity contribution in [3.8, 4) is 21.1 Å². The maximum absolute atomic E-state index is 2.86. The van der Waals surface area contributed by atoms with E-state index >= 15 is 0 Å². The van der Waals surface area contributed by atoms with Crippen LogP contribution < -0.4 is 30.8 Å². The summed E-state index contributed by atoms with van der Waals surface area (Å²) in [5.74, 6) is 0. The standard InChI is InChI=1S/C64H52B2N4S2/c1-63(2,3)41-35-37-49-47(39-41)55-57-60-56(58-59(55)67(49)65(43-23-11-7-12-24-43,44-25-13-8-14-26-44)70-52-32-20-22-34-54(52)72-62(58)70)48-40-42(64(4,5)6)36-38-50(48)68(60)66(45-27-15-9-16-28-45,46-29-17-10-18-30-46)69-51-31-19-21-33-53(51)71-61(57)69/h7-40H,1-6H3. The first kappa shape index (κ1) is 42.2. The SMILES string of the molecule is CC(C)(C)c1ccc2c(c1)c1c3c4c(c5c1n2[B-](c1ccccc1)(c1ccccc1)[n+]1c-5sc2ccccc21)c1cc(C(C)(C)C)ccc1n4[B-](c1ccccc1)(c1ccccc1)[n+]1c-3sc2ccccc21. The number of hydrogen-bond donors (Lipinski definition) is 0. The van der Waals surface area contributed by atoms with Crippen molar-refractivity contribution in [1.29, 1.82) is 0 Å². The molecule has 13 aromatic rings. The maximum Gasteiger partial charge on any atom is 0.436 e. The Labute approximate surface area is 427 Å². The molecule has 15 rings (SSSR count). The number of para-hydroxylation sites is 2. The summed E-state index contributed by atoms with van der Waals surface area (Å²) in [6.07, 6.45) is -3.89. The predicted octanol–water partition coefficient (Wildman–Crippen LogP) is 12.8.